The molecule has 0 aromatic heterocycles. The van der Waals surface area contributed by atoms with E-state index in [9.17, 15) is 18.0 Å². The Balaban J connectivity index is 3.67. The summed E-state index contributed by atoms with van der Waals surface area (Å²) in [6.07, 6.45) is -0.343. The second-order valence-electron chi connectivity index (χ2n) is 5.39. The summed E-state index contributed by atoms with van der Waals surface area (Å²) in [6.45, 7) is -0.628. The Hall–Kier alpha value is -1.67. The van der Waals surface area contributed by atoms with Crippen molar-refractivity contribution in [3.8, 4) is 0 Å². The Bertz CT molecular complexity index is 824. The number of benzene rings is 1. The molecule has 136 valence electrons. The van der Waals surface area contributed by atoms with Crippen LogP contribution in [0.2, 0.25) is 0 Å². The molecule has 1 aromatic rings. The van der Waals surface area contributed by atoms with Crippen LogP contribution in [0.4, 0.5) is 0 Å². The molecular formula is C15H16B4O7S. The lowest BCUT2D eigenvalue weighted by molar-refractivity contribution is 0.0503. The van der Waals surface area contributed by atoms with Crippen molar-refractivity contribution in [2.75, 3.05) is 19.5 Å². The smallest absolute Gasteiger partial charge is 0.339 e. The molecule has 0 spiro atoms. The SMILES string of the molecule is [B]Cc1c(C[B])c(C[B])c(C(=O)OCCS(=O)(=O)O)c(C(=O)OC)c1C[B]. The molecule has 0 bridgehead atoms. The van der Waals surface area contributed by atoms with Crippen LogP contribution in [0.1, 0.15) is 43.0 Å². The molecule has 27 heavy (non-hydrogen) atoms. The maximum absolute atomic E-state index is 12.6. The average molecular weight is 384 g/mol. The van der Waals surface area contributed by atoms with E-state index < -0.39 is 34.4 Å². The van der Waals surface area contributed by atoms with Crippen molar-refractivity contribution in [1.29, 1.82) is 0 Å². The third kappa shape index (κ3) is 5.42. The molecule has 0 heterocycles. The monoisotopic (exact) mass is 384 g/mol. The van der Waals surface area contributed by atoms with Gasteiger partial charge in [-0.05, 0) is 11.1 Å². The van der Waals surface area contributed by atoms with Gasteiger partial charge in [0.25, 0.3) is 10.1 Å². The molecule has 0 saturated heterocycles. The van der Waals surface area contributed by atoms with E-state index >= 15 is 0 Å². The van der Waals surface area contributed by atoms with Gasteiger partial charge in [-0.25, -0.2) is 9.59 Å². The third-order valence-corrected chi connectivity index (χ3v) is 4.61. The molecule has 0 atom stereocenters. The Kier molecular flexibility index (Phi) is 8.68. The number of hydrogen-bond donors (Lipinski definition) is 1. The van der Waals surface area contributed by atoms with Gasteiger partial charge < -0.3 is 9.47 Å². The first-order valence-corrected chi connectivity index (χ1v) is 9.47. The van der Waals surface area contributed by atoms with Crippen molar-refractivity contribution in [2.24, 2.45) is 0 Å². The normalized spacial score (nSPS) is 11.2. The third-order valence-electron chi connectivity index (χ3n) is 3.93. The van der Waals surface area contributed by atoms with E-state index in [0.717, 1.165) is 7.11 Å². The van der Waals surface area contributed by atoms with Crippen LogP contribution in [0.25, 0.3) is 0 Å². The minimum absolute atomic E-state index is 0.00581. The van der Waals surface area contributed by atoms with Crippen LogP contribution in [0.15, 0.2) is 0 Å². The molecule has 1 aromatic carbocycles. The molecule has 0 amide bonds. The van der Waals surface area contributed by atoms with Gasteiger partial charge >= 0.3 is 11.9 Å². The van der Waals surface area contributed by atoms with Gasteiger partial charge in [0, 0.05) is 0 Å². The van der Waals surface area contributed by atoms with Crippen LogP contribution in [0.5, 0.6) is 0 Å². The molecule has 8 radical (unpaired) electrons. The van der Waals surface area contributed by atoms with Crippen molar-refractivity contribution < 1.29 is 32.0 Å². The zero-order chi connectivity index (χ0) is 20.8. The molecule has 0 aliphatic carbocycles. The summed E-state index contributed by atoms with van der Waals surface area (Å²) in [5.74, 6) is -2.68. The van der Waals surface area contributed by atoms with Crippen LogP contribution < -0.4 is 0 Å². The van der Waals surface area contributed by atoms with Gasteiger partial charge in [-0.15, -0.1) is 0 Å². The van der Waals surface area contributed by atoms with Gasteiger partial charge in [-0.1, -0.05) is 36.4 Å². The van der Waals surface area contributed by atoms with E-state index in [1.54, 1.807) is 0 Å². The summed E-state index contributed by atoms with van der Waals surface area (Å²) in [7, 11) is 19.9. The van der Waals surface area contributed by atoms with Crippen molar-refractivity contribution in [1.82, 2.24) is 0 Å². The highest BCUT2D eigenvalue weighted by molar-refractivity contribution is 7.85. The van der Waals surface area contributed by atoms with Crippen LogP contribution in [-0.2, 0) is 44.9 Å². The maximum Gasteiger partial charge on any atom is 0.339 e. The van der Waals surface area contributed by atoms with Crippen molar-refractivity contribution in [2.45, 2.75) is 25.3 Å². The molecule has 1 N–H and O–H groups in total. The zero-order valence-corrected chi connectivity index (χ0v) is 15.7. The Morgan fingerprint density at radius 3 is 1.59 bits per heavy atom. The summed E-state index contributed by atoms with van der Waals surface area (Å²) >= 11 is 0. The zero-order valence-electron chi connectivity index (χ0n) is 14.9. The minimum atomic E-state index is -4.34. The number of carbonyl (C=O) groups is 2. The van der Waals surface area contributed by atoms with E-state index in [0.29, 0.717) is 11.1 Å². The fraction of sp³-hybridized carbons (Fsp3) is 0.467. The van der Waals surface area contributed by atoms with E-state index in [2.05, 4.69) is 0 Å². The first-order chi connectivity index (χ1) is 12.7. The predicted octanol–water partition coefficient (Wildman–Crippen LogP) is -0.808. The van der Waals surface area contributed by atoms with Gasteiger partial charge in [-0.2, -0.15) is 8.42 Å². The number of methoxy groups -OCH3 is 1. The highest BCUT2D eigenvalue weighted by Gasteiger charge is 2.29. The van der Waals surface area contributed by atoms with E-state index in [4.69, 9.17) is 45.4 Å². The second-order valence-corrected chi connectivity index (χ2v) is 6.97. The second kappa shape index (κ2) is 10.0. The number of hydrogen-bond acceptors (Lipinski definition) is 6. The maximum atomic E-state index is 12.6. The molecule has 0 aliphatic rings. The van der Waals surface area contributed by atoms with Gasteiger partial charge in [0.05, 0.1) is 49.6 Å². The lowest BCUT2D eigenvalue weighted by atomic mass is 9.72. The van der Waals surface area contributed by atoms with Crippen LogP contribution in [0, 0.1) is 0 Å². The highest BCUT2D eigenvalue weighted by atomic mass is 32.2. The first kappa shape index (κ1) is 23.4. The Labute approximate surface area is 164 Å². The van der Waals surface area contributed by atoms with Gasteiger partial charge in [-0.3, -0.25) is 4.55 Å². The summed E-state index contributed by atoms with van der Waals surface area (Å²) in [5.41, 5.74) is 1.06. The topological polar surface area (TPSA) is 107 Å². The highest BCUT2D eigenvalue weighted by Crippen LogP contribution is 2.30. The fourth-order valence-corrected chi connectivity index (χ4v) is 3.07. The number of carbonyl (C=O) groups excluding carboxylic acids is 2. The summed E-state index contributed by atoms with van der Waals surface area (Å²) in [4.78, 5) is 25.0. The van der Waals surface area contributed by atoms with Crippen LogP contribution >= 0.6 is 0 Å². The molecule has 12 heteroatoms. The van der Waals surface area contributed by atoms with Crippen molar-refractivity contribution >= 4 is 53.4 Å². The molecule has 0 fully saturated rings. The summed E-state index contributed by atoms with van der Waals surface area (Å²) in [5, 5.41) is 0. The van der Waals surface area contributed by atoms with E-state index in [-0.39, 0.29) is 47.5 Å². The summed E-state index contributed by atoms with van der Waals surface area (Å²) in [6, 6.07) is 0. The van der Waals surface area contributed by atoms with Gasteiger partial charge in [0.2, 0.25) is 0 Å². The summed E-state index contributed by atoms with van der Waals surface area (Å²) < 4.78 is 40.0. The standard InChI is InChI=1S/C15H16B4O7S/c1-25-14(20)12-10(6-18)8(4-16)9(5-17)11(7-19)13(12)15(21)26-2-3-27(22,23)24/h2-7H2,1H3,(H,22,23,24). The molecule has 7 nitrogen and oxygen atoms in total. The molecule has 0 unspecified atom stereocenters. The lowest BCUT2D eigenvalue weighted by Crippen LogP contribution is -2.24. The Morgan fingerprint density at radius 1 is 0.852 bits per heavy atom. The first-order valence-electron chi connectivity index (χ1n) is 7.87. The van der Waals surface area contributed by atoms with Crippen LogP contribution in [0.3, 0.4) is 0 Å². The van der Waals surface area contributed by atoms with E-state index in [1.165, 1.54) is 0 Å². The number of rotatable bonds is 9. The van der Waals surface area contributed by atoms with Gasteiger partial charge in [0.15, 0.2) is 0 Å². The molecular weight excluding hydrogens is 367 g/mol. The van der Waals surface area contributed by atoms with E-state index in [1.807, 2.05) is 0 Å². The van der Waals surface area contributed by atoms with Gasteiger partial charge in [0.1, 0.15) is 12.4 Å². The Morgan fingerprint density at radius 2 is 1.26 bits per heavy atom. The van der Waals surface area contributed by atoms with Crippen molar-refractivity contribution in [3.05, 3.63) is 33.4 Å². The minimum Gasteiger partial charge on any atom is -0.465 e. The average Bonchev–Trinajstić information content (AvgIpc) is 2.63. The number of esters is 2. The molecule has 0 saturated carbocycles. The quantitative estimate of drug-likeness (QED) is 0.338. The largest absolute Gasteiger partial charge is 0.465 e. The lowest BCUT2D eigenvalue weighted by Gasteiger charge is -2.24. The fourth-order valence-electron chi connectivity index (χ4n) is 2.78. The van der Waals surface area contributed by atoms with Crippen LogP contribution in [-0.4, -0.2) is 75.8 Å². The molecule has 1 rings (SSSR count). The van der Waals surface area contributed by atoms with Crippen molar-refractivity contribution in [3.63, 3.8) is 0 Å². The molecule has 0 aliphatic heterocycles. The number of ether oxygens (including phenoxy) is 2. The predicted molar refractivity (Wildman–Crippen MR) is 102 cm³/mol.